The Morgan fingerprint density at radius 1 is 1.25 bits per heavy atom. The Bertz CT molecular complexity index is 576. The van der Waals surface area contributed by atoms with Crippen molar-refractivity contribution >= 4 is 15.8 Å². The molecule has 0 aromatic heterocycles. The Labute approximate surface area is 120 Å². The minimum Gasteiger partial charge on any atom is -0.468 e. The van der Waals surface area contributed by atoms with Crippen LogP contribution in [0.15, 0.2) is 29.2 Å². The van der Waals surface area contributed by atoms with E-state index in [-0.39, 0.29) is 16.9 Å². The van der Waals surface area contributed by atoms with Gasteiger partial charge in [-0.25, -0.2) is 8.42 Å². The molecule has 0 saturated carbocycles. The first-order valence-electron chi connectivity index (χ1n) is 6.24. The van der Waals surface area contributed by atoms with Gasteiger partial charge in [0, 0.05) is 12.3 Å². The second kappa shape index (κ2) is 5.93. The van der Waals surface area contributed by atoms with E-state index < -0.39 is 15.4 Å². The Balaban J connectivity index is 2.89. The lowest BCUT2D eigenvalue weighted by Crippen LogP contribution is -2.48. The average molecular weight is 299 g/mol. The minimum atomic E-state index is -3.19. The molecule has 1 aromatic carbocycles. The van der Waals surface area contributed by atoms with Gasteiger partial charge in [-0.15, -0.1) is 0 Å². The number of rotatable bonds is 5. The number of carbonyl (C=O) groups is 1. The van der Waals surface area contributed by atoms with Gasteiger partial charge in [0.25, 0.3) is 0 Å². The molecule has 0 aliphatic rings. The van der Waals surface area contributed by atoms with Crippen LogP contribution in [-0.4, -0.2) is 33.3 Å². The predicted octanol–water partition coefficient (Wildman–Crippen LogP) is 1.69. The van der Waals surface area contributed by atoms with Crippen LogP contribution in [0.1, 0.15) is 32.4 Å². The molecule has 1 N–H and O–H groups in total. The third-order valence-corrected chi connectivity index (χ3v) is 4.21. The molecule has 1 atom stereocenters. The van der Waals surface area contributed by atoms with Crippen molar-refractivity contribution in [2.45, 2.75) is 37.2 Å². The molecule has 6 heteroatoms. The zero-order valence-corrected chi connectivity index (χ0v) is 13.2. The zero-order valence-electron chi connectivity index (χ0n) is 12.4. The molecule has 0 saturated heterocycles. The summed E-state index contributed by atoms with van der Waals surface area (Å²) >= 11 is 0. The lowest BCUT2D eigenvalue weighted by Gasteiger charge is -2.27. The first-order valence-corrected chi connectivity index (χ1v) is 8.13. The summed E-state index contributed by atoms with van der Waals surface area (Å²) < 4.78 is 27.5. The number of carbonyl (C=O) groups excluding carboxylic acids is 1. The second-order valence-electron chi connectivity index (χ2n) is 5.32. The average Bonchev–Trinajstić information content (AvgIpc) is 2.36. The summed E-state index contributed by atoms with van der Waals surface area (Å²) in [7, 11) is -1.85. The highest BCUT2D eigenvalue weighted by Gasteiger charge is 2.30. The summed E-state index contributed by atoms with van der Waals surface area (Å²) in [4.78, 5) is 11.9. The topological polar surface area (TPSA) is 72.5 Å². The molecule has 0 amide bonds. The summed E-state index contributed by atoms with van der Waals surface area (Å²) in [6.45, 7) is 5.38. The van der Waals surface area contributed by atoms with E-state index in [9.17, 15) is 13.2 Å². The molecule has 112 valence electrons. The van der Waals surface area contributed by atoms with Crippen LogP contribution >= 0.6 is 0 Å². The number of nitrogens with one attached hydrogen (secondary N) is 1. The highest BCUT2D eigenvalue weighted by atomic mass is 32.2. The smallest absolute Gasteiger partial charge is 0.325 e. The molecular formula is C14H21NO4S. The summed E-state index contributed by atoms with van der Waals surface area (Å²) in [5.41, 5.74) is 0.0818. The van der Waals surface area contributed by atoms with Crippen molar-refractivity contribution in [3.63, 3.8) is 0 Å². The van der Waals surface area contributed by atoms with Crippen LogP contribution in [-0.2, 0) is 19.4 Å². The Hall–Kier alpha value is -1.40. The zero-order chi connectivity index (χ0) is 15.6. The third kappa shape index (κ3) is 4.05. The lowest BCUT2D eigenvalue weighted by molar-refractivity contribution is -0.147. The van der Waals surface area contributed by atoms with Gasteiger partial charge in [0.15, 0.2) is 9.84 Å². The molecule has 0 radical (unpaired) electrons. The predicted molar refractivity (Wildman–Crippen MR) is 77.2 cm³/mol. The van der Waals surface area contributed by atoms with E-state index in [1.165, 1.54) is 13.4 Å². The maximum atomic E-state index is 11.6. The van der Waals surface area contributed by atoms with Gasteiger partial charge in [-0.2, -0.15) is 0 Å². The van der Waals surface area contributed by atoms with Crippen molar-refractivity contribution in [1.29, 1.82) is 0 Å². The van der Waals surface area contributed by atoms with Crippen molar-refractivity contribution in [2.24, 2.45) is 0 Å². The maximum absolute atomic E-state index is 11.6. The number of sulfone groups is 1. The summed E-state index contributed by atoms with van der Waals surface area (Å²) in [5.74, 6) is -0.350. The first-order chi connectivity index (χ1) is 9.08. The molecule has 20 heavy (non-hydrogen) atoms. The molecule has 0 spiro atoms. The van der Waals surface area contributed by atoms with E-state index in [4.69, 9.17) is 4.74 Å². The fourth-order valence-electron chi connectivity index (χ4n) is 1.94. The molecule has 1 aromatic rings. The largest absolute Gasteiger partial charge is 0.468 e. The normalized spacial score (nSPS) is 13.8. The fourth-order valence-corrected chi connectivity index (χ4v) is 2.57. The molecule has 0 aliphatic heterocycles. The summed E-state index contributed by atoms with van der Waals surface area (Å²) in [6.07, 6.45) is 1.17. The van der Waals surface area contributed by atoms with Gasteiger partial charge >= 0.3 is 5.97 Å². The number of methoxy groups -OCH3 is 1. The quantitative estimate of drug-likeness (QED) is 0.838. The maximum Gasteiger partial charge on any atom is 0.325 e. The van der Waals surface area contributed by atoms with E-state index in [0.29, 0.717) is 0 Å². The molecule has 0 bridgehead atoms. The highest BCUT2D eigenvalue weighted by molar-refractivity contribution is 7.90. The molecule has 1 rings (SSSR count). The van der Waals surface area contributed by atoms with Gasteiger partial charge in [0.05, 0.1) is 12.0 Å². The fraction of sp³-hybridized carbons (Fsp3) is 0.500. The van der Waals surface area contributed by atoms with Crippen LogP contribution in [0, 0.1) is 0 Å². The Morgan fingerprint density at radius 2 is 1.75 bits per heavy atom. The van der Waals surface area contributed by atoms with Gasteiger partial charge in [-0.1, -0.05) is 12.1 Å². The summed E-state index contributed by atoms with van der Waals surface area (Å²) in [6, 6.07) is 6.49. The second-order valence-corrected chi connectivity index (χ2v) is 7.34. The van der Waals surface area contributed by atoms with Crippen molar-refractivity contribution in [1.82, 2.24) is 5.32 Å². The lowest BCUT2D eigenvalue weighted by atomic mass is 10.0. The van der Waals surface area contributed by atoms with Crippen LogP contribution < -0.4 is 5.32 Å². The number of benzene rings is 1. The monoisotopic (exact) mass is 299 g/mol. The van der Waals surface area contributed by atoms with E-state index >= 15 is 0 Å². The van der Waals surface area contributed by atoms with Crippen molar-refractivity contribution < 1.29 is 17.9 Å². The number of esters is 1. The Morgan fingerprint density at radius 3 is 2.15 bits per heavy atom. The third-order valence-electron chi connectivity index (χ3n) is 3.08. The molecule has 0 heterocycles. The van der Waals surface area contributed by atoms with Gasteiger partial charge in [0.2, 0.25) is 0 Å². The van der Waals surface area contributed by atoms with E-state index in [1.807, 2.05) is 6.92 Å². The summed E-state index contributed by atoms with van der Waals surface area (Å²) in [5, 5.41) is 3.16. The molecule has 1 unspecified atom stereocenters. The molecule has 5 nitrogen and oxygen atoms in total. The van der Waals surface area contributed by atoms with Crippen LogP contribution in [0.25, 0.3) is 0 Å². The number of hydrogen-bond acceptors (Lipinski definition) is 5. The van der Waals surface area contributed by atoms with Crippen LogP contribution in [0.4, 0.5) is 0 Å². The van der Waals surface area contributed by atoms with Crippen molar-refractivity contribution in [3.05, 3.63) is 29.8 Å². The SMILES string of the molecule is COC(=O)C(C)(C)NC(C)c1ccc(S(C)(=O)=O)cc1. The highest BCUT2D eigenvalue weighted by Crippen LogP contribution is 2.19. The number of ether oxygens (including phenoxy) is 1. The van der Waals surface area contributed by atoms with Gasteiger partial charge in [-0.3, -0.25) is 10.1 Å². The van der Waals surface area contributed by atoms with Gasteiger partial charge in [0.1, 0.15) is 5.54 Å². The number of hydrogen-bond donors (Lipinski definition) is 1. The van der Waals surface area contributed by atoms with Crippen molar-refractivity contribution in [3.8, 4) is 0 Å². The van der Waals surface area contributed by atoms with Crippen LogP contribution in [0.5, 0.6) is 0 Å². The molecule has 0 aliphatic carbocycles. The van der Waals surface area contributed by atoms with E-state index in [2.05, 4.69) is 5.32 Å². The Kier molecular flexibility index (Phi) is 4.94. The standard InChI is InChI=1S/C14H21NO4S/c1-10(15-14(2,3)13(16)19-4)11-6-8-12(9-7-11)20(5,17)18/h6-10,15H,1-5H3. The van der Waals surface area contributed by atoms with Gasteiger partial charge in [-0.05, 0) is 38.5 Å². The van der Waals surface area contributed by atoms with Crippen LogP contribution in [0.2, 0.25) is 0 Å². The van der Waals surface area contributed by atoms with Crippen LogP contribution in [0.3, 0.4) is 0 Å². The van der Waals surface area contributed by atoms with E-state index in [1.54, 1.807) is 38.1 Å². The minimum absolute atomic E-state index is 0.113. The van der Waals surface area contributed by atoms with E-state index in [0.717, 1.165) is 5.56 Å². The van der Waals surface area contributed by atoms with Crippen molar-refractivity contribution in [2.75, 3.05) is 13.4 Å². The first kappa shape index (κ1) is 16.7. The van der Waals surface area contributed by atoms with Gasteiger partial charge < -0.3 is 4.74 Å². The molecular weight excluding hydrogens is 278 g/mol. The molecule has 0 fully saturated rings.